The van der Waals surface area contributed by atoms with E-state index in [9.17, 15) is 4.79 Å². The van der Waals surface area contributed by atoms with E-state index >= 15 is 0 Å². The molecule has 4 rings (SSSR count). The summed E-state index contributed by atoms with van der Waals surface area (Å²) in [6.45, 7) is 1.04. The Morgan fingerprint density at radius 1 is 1.07 bits per heavy atom. The summed E-state index contributed by atoms with van der Waals surface area (Å²) in [5, 5.41) is 7.62. The number of rotatable bonds is 8. The number of carbonyl (C=O) groups excluding carboxylic acids is 1. The Bertz CT molecular complexity index is 1100. The second kappa shape index (κ2) is 9.71. The summed E-state index contributed by atoms with van der Waals surface area (Å²) in [6.07, 6.45) is 4.81. The van der Waals surface area contributed by atoms with E-state index < -0.39 is 0 Å². The number of carbonyl (C=O) groups is 1. The Morgan fingerprint density at radius 2 is 1.97 bits per heavy atom. The Kier molecular flexibility index (Phi) is 6.36. The first-order chi connectivity index (χ1) is 14.8. The van der Waals surface area contributed by atoms with Crippen molar-refractivity contribution in [2.75, 3.05) is 11.9 Å². The van der Waals surface area contributed by atoms with Gasteiger partial charge in [-0.3, -0.25) is 4.79 Å². The lowest BCUT2D eigenvalue weighted by Crippen LogP contribution is -2.14. The minimum Gasteiger partial charge on any atom is -0.492 e. The van der Waals surface area contributed by atoms with Crippen LogP contribution in [0.1, 0.15) is 10.4 Å². The van der Waals surface area contributed by atoms with Gasteiger partial charge in [-0.1, -0.05) is 36.0 Å². The van der Waals surface area contributed by atoms with Crippen molar-refractivity contribution < 1.29 is 9.53 Å². The molecule has 1 N–H and O–H groups in total. The molecule has 0 bridgehead atoms. The quantitative estimate of drug-likeness (QED) is 0.464. The molecule has 1 amide bonds. The number of nitrogens with one attached hydrogen (secondary N) is 1. The van der Waals surface area contributed by atoms with Gasteiger partial charge < -0.3 is 10.1 Å². The number of anilines is 1. The molecule has 0 saturated heterocycles. The Morgan fingerprint density at radius 3 is 2.80 bits per heavy atom. The van der Waals surface area contributed by atoms with E-state index in [1.807, 2.05) is 48.5 Å². The summed E-state index contributed by atoms with van der Waals surface area (Å²) in [6, 6.07) is 20.7. The molecule has 0 aliphatic carbocycles. The average molecular weight is 417 g/mol. The third-order valence-electron chi connectivity index (χ3n) is 4.12. The highest BCUT2D eigenvalue weighted by Gasteiger charge is 2.14. The molecule has 2 aromatic carbocycles. The van der Waals surface area contributed by atoms with E-state index in [1.165, 1.54) is 18.1 Å². The molecule has 2 heterocycles. The van der Waals surface area contributed by atoms with E-state index in [0.717, 1.165) is 4.90 Å². The zero-order chi connectivity index (χ0) is 20.6. The van der Waals surface area contributed by atoms with Crippen LogP contribution < -0.4 is 10.1 Å². The van der Waals surface area contributed by atoms with Crippen molar-refractivity contribution in [3.8, 4) is 5.75 Å². The van der Waals surface area contributed by atoms with Crippen LogP contribution >= 0.6 is 11.8 Å². The average Bonchev–Trinajstić information content (AvgIpc) is 3.29. The van der Waals surface area contributed by atoms with Gasteiger partial charge in [0, 0.05) is 22.8 Å². The van der Waals surface area contributed by atoms with E-state index in [1.54, 1.807) is 35.4 Å². The van der Waals surface area contributed by atoms with Gasteiger partial charge in [0.05, 0.1) is 12.1 Å². The normalized spacial score (nSPS) is 10.5. The number of amides is 1. The summed E-state index contributed by atoms with van der Waals surface area (Å²) >= 11 is 1.46. The molecule has 8 heteroatoms. The van der Waals surface area contributed by atoms with Crippen LogP contribution in [-0.2, 0) is 6.54 Å². The van der Waals surface area contributed by atoms with Crippen LogP contribution in [0.2, 0.25) is 0 Å². The lowest BCUT2D eigenvalue weighted by molar-refractivity contribution is 0.102. The molecule has 0 fully saturated rings. The van der Waals surface area contributed by atoms with Crippen molar-refractivity contribution in [3.63, 3.8) is 0 Å². The lowest BCUT2D eigenvalue weighted by atomic mass is 10.2. The number of hydrogen-bond donors (Lipinski definition) is 1. The van der Waals surface area contributed by atoms with Gasteiger partial charge in [0.25, 0.3) is 5.91 Å². The maximum absolute atomic E-state index is 12.9. The molecule has 0 unspecified atom stereocenters. The molecule has 7 nitrogen and oxygen atoms in total. The molecular formula is C22H19N5O2S. The van der Waals surface area contributed by atoms with E-state index in [-0.39, 0.29) is 5.91 Å². The highest BCUT2D eigenvalue weighted by atomic mass is 32.2. The summed E-state index contributed by atoms with van der Waals surface area (Å²) in [5.74, 6) is 0.444. The number of benzene rings is 2. The van der Waals surface area contributed by atoms with Crippen molar-refractivity contribution in [3.05, 3.63) is 91.1 Å². The topological polar surface area (TPSA) is 81.9 Å². The van der Waals surface area contributed by atoms with Crippen molar-refractivity contribution in [1.29, 1.82) is 0 Å². The summed E-state index contributed by atoms with van der Waals surface area (Å²) in [5.41, 5.74) is 1.17. The summed E-state index contributed by atoms with van der Waals surface area (Å²) < 4.78 is 7.45. The second-order valence-electron chi connectivity index (χ2n) is 6.26. The van der Waals surface area contributed by atoms with Crippen LogP contribution in [0.15, 0.2) is 95.5 Å². The predicted octanol–water partition coefficient (Wildman–Crippen LogP) is 4.16. The van der Waals surface area contributed by atoms with Gasteiger partial charge in [0.15, 0.2) is 0 Å². The Hall–Kier alpha value is -3.65. The molecule has 150 valence electrons. The van der Waals surface area contributed by atoms with Gasteiger partial charge >= 0.3 is 0 Å². The first kappa shape index (κ1) is 19.7. The Labute approximate surface area is 178 Å². The highest BCUT2D eigenvalue weighted by Crippen LogP contribution is 2.29. The molecular weight excluding hydrogens is 398 g/mol. The monoisotopic (exact) mass is 417 g/mol. The van der Waals surface area contributed by atoms with Crippen LogP contribution in [0.25, 0.3) is 0 Å². The van der Waals surface area contributed by atoms with Crippen molar-refractivity contribution >= 4 is 23.4 Å². The molecule has 0 atom stereocenters. The lowest BCUT2D eigenvalue weighted by Gasteiger charge is -2.11. The van der Waals surface area contributed by atoms with E-state index in [0.29, 0.717) is 35.2 Å². The molecule has 0 spiro atoms. The molecule has 2 aromatic heterocycles. The minimum atomic E-state index is -0.221. The van der Waals surface area contributed by atoms with E-state index in [4.69, 9.17) is 4.74 Å². The molecule has 0 saturated carbocycles. The van der Waals surface area contributed by atoms with Gasteiger partial charge in [-0.15, -0.1) is 0 Å². The number of ether oxygens (including phenoxy) is 1. The molecule has 0 aliphatic heterocycles. The summed E-state index contributed by atoms with van der Waals surface area (Å²) in [7, 11) is 0. The smallest absolute Gasteiger partial charge is 0.258 e. The number of hydrogen-bond acceptors (Lipinski definition) is 6. The minimum absolute atomic E-state index is 0.221. The zero-order valence-corrected chi connectivity index (χ0v) is 16.8. The van der Waals surface area contributed by atoms with Crippen molar-refractivity contribution in [1.82, 2.24) is 19.7 Å². The fourth-order valence-corrected chi connectivity index (χ4v) is 3.61. The zero-order valence-electron chi connectivity index (χ0n) is 16.0. The van der Waals surface area contributed by atoms with Gasteiger partial charge in [0.2, 0.25) is 0 Å². The van der Waals surface area contributed by atoms with Gasteiger partial charge in [-0.2, -0.15) is 5.10 Å². The fraction of sp³-hybridized carbons (Fsp3) is 0.0909. The van der Waals surface area contributed by atoms with Crippen LogP contribution in [0.5, 0.6) is 5.75 Å². The molecule has 0 radical (unpaired) electrons. The molecule has 30 heavy (non-hydrogen) atoms. The van der Waals surface area contributed by atoms with Crippen molar-refractivity contribution in [2.24, 2.45) is 0 Å². The van der Waals surface area contributed by atoms with Crippen LogP contribution in [0.3, 0.4) is 0 Å². The van der Waals surface area contributed by atoms with Gasteiger partial charge in [-0.05, 0) is 36.4 Å². The maximum atomic E-state index is 12.9. The van der Waals surface area contributed by atoms with Crippen molar-refractivity contribution in [2.45, 2.75) is 16.5 Å². The Balaban J connectivity index is 1.41. The second-order valence-corrected chi connectivity index (χ2v) is 7.32. The standard InChI is InChI=1S/C22H19N5O2S/c28-21(20-10-5-11-24-22(20)30-19-8-2-1-3-9-19)26-17-6-4-7-18(14-17)29-13-12-27-16-23-15-25-27/h1-11,14-16H,12-13H2,(H,26,28). The number of nitrogens with zero attached hydrogens (tertiary/aromatic N) is 4. The first-order valence-electron chi connectivity index (χ1n) is 9.32. The molecule has 0 aliphatic rings. The maximum Gasteiger partial charge on any atom is 0.258 e. The molecule has 4 aromatic rings. The largest absolute Gasteiger partial charge is 0.492 e. The van der Waals surface area contributed by atoms with Gasteiger partial charge in [-0.25, -0.2) is 14.6 Å². The summed E-state index contributed by atoms with van der Waals surface area (Å²) in [4.78, 5) is 22.2. The highest BCUT2D eigenvalue weighted by molar-refractivity contribution is 7.99. The SMILES string of the molecule is O=C(Nc1cccc(OCCn2cncn2)c1)c1cccnc1Sc1ccccc1. The third-order valence-corrected chi connectivity index (χ3v) is 5.15. The number of aromatic nitrogens is 4. The van der Waals surface area contributed by atoms with Crippen LogP contribution in [0, 0.1) is 0 Å². The van der Waals surface area contributed by atoms with Gasteiger partial charge in [0.1, 0.15) is 30.0 Å². The fourth-order valence-electron chi connectivity index (χ4n) is 2.71. The van der Waals surface area contributed by atoms with Crippen LogP contribution in [0.4, 0.5) is 5.69 Å². The van der Waals surface area contributed by atoms with E-state index in [2.05, 4.69) is 20.4 Å². The number of pyridine rings is 1. The third kappa shape index (κ3) is 5.24. The van der Waals surface area contributed by atoms with Crippen LogP contribution in [-0.4, -0.2) is 32.3 Å². The predicted molar refractivity (Wildman–Crippen MR) is 115 cm³/mol. The first-order valence-corrected chi connectivity index (χ1v) is 10.1.